The predicted octanol–water partition coefficient (Wildman–Crippen LogP) is 2.13. The molecule has 1 rings (SSSR count). The number of hydrogen-bond acceptors (Lipinski definition) is 4. The number of unbranched alkanes of at least 4 members (excludes halogenated alkanes) is 2. The molecule has 0 saturated heterocycles. The summed E-state index contributed by atoms with van der Waals surface area (Å²) in [6.07, 6.45) is 3.35. The minimum Gasteiger partial charge on any atom is -0.493 e. The second-order valence-electron chi connectivity index (χ2n) is 4.16. The third kappa shape index (κ3) is 4.79. The number of hydrazine groups is 1. The molecule has 5 heteroatoms. The van der Waals surface area contributed by atoms with Gasteiger partial charge in [0.05, 0.1) is 14.2 Å². The van der Waals surface area contributed by atoms with Gasteiger partial charge < -0.3 is 9.47 Å². The zero-order chi connectivity index (χ0) is 14.1. The van der Waals surface area contributed by atoms with Crippen LogP contribution in [-0.2, 0) is 0 Å². The molecule has 0 aromatic heterocycles. The van der Waals surface area contributed by atoms with Crippen molar-refractivity contribution in [3.8, 4) is 11.5 Å². The Morgan fingerprint density at radius 3 is 2.53 bits per heavy atom. The van der Waals surface area contributed by atoms with Crippen molar-refractivity contribution >= 4 is 5.91 Å². The summed E-state index contributed by atoms with van der Waals surface area (Å²) in [5.41, 5.74) is 6.10. The summed E-state index contributed by atoms with van der Waals surface area (Å²) in [5.74, 6) is 0.966. The van der Waals surface area contributed by atoms with Gasteiger partial charge >= 0.3 is 0 Å². The van der Waals surface area contributed by atoms with Crippen LogP contribution in [0, 0.1) is 0 Å². The van der Waals surface area contributed by atoms with E-state index in [2.05, 4.69) is 17.8 Å². The van der Waals surface area contributed by atoms with Crippen LogP contribution in [0.2, 0.25) is 0 Å². The number of methoxy groups -OCH3 is 2. The molecule has 0 aliphatic heterocycles. The van der Waals surface area contributed by atoms with Gasteiger partial charge in [-0.3, -0.25) is 10.2 Å². The number of carbonyl (C=O) groups is 1. The minimum atomic E-state index is -0.183. The second kappa shape index (κ2) is 8.37. The molecule has 0 atom stereocenters. The molecule has 0 unspecified atom stereocenters. The summed E-state index contributed by atoms with van der Waals surface area (Å²) in [4.78, 5) is 11.9. The molecular formula is C14H22N2O3. The topological polar surface area (TPSA) is 59.6 Å². The van der Waals surface area contributed by atoms with E-state index in [0.717, 1.165) is 25.8 Å². The van der Waals surface area contributed by atoms with Crippen LogP contribution in [0.5, 0.6) is 11.5 Å². The summed E-state index contributed by atoms with van der Waals surface area (Å²) >= 11 is 0. The largest absolute Gasteiger partial charge is 0.493 e. The molecule has 0 aliphatic rings. The van der Waals surface area contributed by atoms with Gasteiger partial charge in [-0.15, -0.1) is 0 Å². The highest BCUT2D eigenvalue weighted by molar-refractivity contribution is 5.94. The molecule has 1 aromatic carbocycles. The Hall–Kier alpha value is -1.75. The smallest absolute Gasteiger partial charge is 0.265 e. The van der Waals surface area contributed by atoms with E-state index in [1.54, 1.807) is 32.4 Å². The molecule has 106 valence electrons. The SMILES string of the molecule is CCCCCNNC(=O)c1ccc(OC)c(OC)c1. The van der Waals surface area contributed by atoms with Gasteiger partial charge in [0.2, 0.25) is 0 Å². The highest BCUT2D eigenvalue weighted by atomic mass is 16.5. The molecule has 0 aliphatic carbocycles. The first kappa shape index (κ1) is 15.3. The first-order chi connectivity index (χ1) is 9.22. The fourth-order valence-electron chi connectivity index (χ4n) is 1.66. The Balaban J connectivity index is 2.52. The van der Waals surface area contributed by atoms with Crippen molar-refractivity contribution in [2.24, 2.45) is 0 Å². The molecule has 0 saturated carbocycles. The maximum Gasteiger partial charge on any atom is 0.265 e. The van der Waals surface area contributed by atoms with Crippen LogP contribution >= 0.6 is 0 Å². The molecule has 0 radical (unpaired) electrons. The van der Waals surface area contributed by atoms with Crippen molar-refractivity contribution in [1.82, 2.24) is 10.9 Å². The summed E-state index contributed by atoms with van der Waals surface area (Å²) in [6, 6.07) is 5.07. The van der Waals surface area contributed by atoms with E-state index >= 15 is 0 Å². The Bertz CT molecular complexity index is 408. The Morgan fingerprint density at radius 1 is 1.16 bits per heavy atom. The standard InChI is InChI=1S/C14H22N2O3/c1-4-5-6-9-15-16-14(17)11-7-8-12(18-2)13(10-11)19-3/h7-8,10,15H,4-6,9H2,1-3H3,(H,16,17). The Morgan fingerprint density at radius 2 is 1.89 bits per heavy atom. The van der Waals surface area contributed by atoms with Gasteiger partial charge in [-0.25, -0.2) is 5.43 Å². The molecule has 0 bridgehead atoms. The van der Waals surface area contributed by atoms with E-state index in [9.17, 15) is 4.79 Å². The molecule has 1 amide bonds. The highest BCUT2D eigenvalue weighted by Crippen LogP contribution is 2.27. The van der Waals surface area contributed by atoms with Crippen LogP contribution in [0.4, 0.5) is 0 Å². The van der Waals surface area contributed by atoms with Gasteiger partial charge in [0.1, 0.15) is 0 Å². The molecule has 0 spiro atoms. The summed E-state index contributed by atoms with van der Waals surface area (Å²) in [5, 5.41) is 0. The van der Waals surface area contributed by atoms with Gasteiger partial charge in [0.25, 0.3) is 5.91 Å². The van der Waals surface area contributed by atoms with Gasteiger partial charge in [0.15, 0.2) is 11.5 Å². The van der Waals surface area contributed by atoms with Crippen molar-refractivity contribution < 1.29 is 14.3 Å². The van der Waals surface area contributed by atoms with E-state index in [0.29, 0.717) is 17.1 Å². The normalized spacial score (nSPS) is 10.1. The first-order valence-corrected chi connectivity index (χ1v) is 6.48. The average molecular weight is 266 g/mol. The van der Waals surface area contributed by atoms with E-state index in [4.69, 9.17) is 9.47 Å². The number of nitrogens with one attached hydrogen (secondary N) is 2. The summed E-state index contributed by atoms with van der Waals surface area (Å²) < 4.78 is 10.3. The van der Waals surface area contributed by atoms with Crippen LogP contribution in [0.25, 0.3) is 0 Å². The van der Waals surface area contributed by atoms with Crippen LogP contribution < -0.4 is 20.3 Å². The molecule has 5 nitrogen and oxygen atoms in total. The number of benzene rings is 1. The van der Waals surface area contributed by atoms with Gasteiger partial charge in [-0.2, -0.15) is 0 Å². The minimum absolute atomic E-state index is 0.183. The zero-order valence-corrected chi connectivity index (χ0v) is 11.8. The van der Waals surface area contributed by atoms with Crippen LogP contribution in [-0.4, -0.2) is 26.7 Å². The van der Waals surface area contributed by atoms with E-state index in [-0.39, 0.29) is 5.91 Å². The number of carbonyl (C=O) groups excluding carboxylic acids is 1. The Kier molecular flexibility index (Phi) is 6.74. The summed E-state index contributed by atoms with van der Waals surface area (Å²) in [7, 11) is 3.11. The number of rotatable bonds is 8. The second-order valence-corrected chi connectivity index (χ2v) is 4.16. The quantitative estimate of drug-likeness (QED) is 0.559. The molecule has 0 fully saturated rings. The zero-order valence-electron chi connectivity index (χ0n) is 11.8. The van der Waals surface area contributed by atoms with E-state index in [1.807, 2.05) is 0 Å². The van der Waals surface area contributed by atoms with Crippen molar-refractivity contribution in [3.05, 3.63) is 23.8 Å². The molecule has 0 heterocycles. The fraction of sp³-hybridized carbons (Fsp3) is 0.500. The third-order valence-corrected chi connectivity index (χ3v) is 2.75. The van der Waals surface area contributed by atoms with Crippen molar-refractivity contribution in [3.63, 3.8) is 0 Å². The fourth-order valence-corrected chi connectivity index (χ4v) is 1.66. The predicted molar refractivity (Wildman–Crippen MR) is 74.5 cm³/mol. The van der Waals surface area contributed by atoms with Gasteiger partial charge in [-0.1, -0.05) is 19.8 Å². The molecular weight excluding hydrogens is 244 g/mol. The van der Waals surface area contributed by atoms with Gasteiger partial charge in [0, 0.05) is 12.1 Å². The van der Waals surface area contributed by atoms with E-state index < -0.39 is 0 Å². The van der Waals surface area contributed by atoms with Crippen molar-refractivity contribution in [1.29, 1.82) is 0 Å². The molecule has 2 N–H and O–H groups in total. The first-order valence-electron chi connectivity index (χ1n) is 6.48. The lowest BCUT2D eigenvalue weighted by atomic mass is 10.2. The van der Waals surface area contributed by atoms with Crippen LogP contribution in [0.1, 0.15) is 36.5 Å². The molecule has 19 heavy (non-hydrogen) atoms. The van der Waals surface area contributed by atoms with Crippen LogP contribution in [0.15, 0.2) is 18.2 Å². The maximum absolute atomic E-state index is 11.9. The summed E-state index contributed by atoms with van der Waals surface area (Å²) in [6.45, 7) is 2.91. The van der Waals surface area contributed by atoms with Crippen LogP contribution in [0.3, 0.4) is 0 Å². The highest BCUT2D eigenvalue weighted by Gasteiger charge is 2.09. The maximum atomic E-state index is 11.9. The average Bonchev–Trinajstić information content (AvgIpc) is 2.46. The van der Waals surface area contributed by atoms with Crippen molar-refractivity contribution in [2.45, 2.75) is 26.2 Å². The number of hydrogen-bond donors (Lipinski definition) is 2. The lowest BCUT2D eigenvalue weighted by Crippen LogP contribution is -2.37. The van der Waals surface area contributed by atoms with Crippen molar-refractivity contribution in [2.75, 3.05) is 20.8 Å². The molecule has 1 aromatic rings. The lowest BCUT2D eigenvalue weighted by Gasteiger charge is -2.10. The third-order valence-electron chi connectivity index (χ3n) is 2.75. The van der Waals surface area contributed by atoms with E-state index in [1.165, 1.54) is 0 Å². The monoisotopic (exact) mass is 266 g/mol. The lowest BCUT2D eigenvalue weighted by molar-refractivity contribution is 0.0932. The number of ether oxygens (including phenoxy) is 2. The Labute approximate surface area is 114 Å². The van der Waals surface area contributed by atoms with Gasteiger partial charge in [-0.05, 0) is 24.6 Å². The number of amides is 1.